The van der Waals surface area contributed by atoms with Gasteiger partial charge in [-0.2, -0.15) is 0 Å². The predicted octanol–water partition coefficient (Wildman–Crippen LogP) is 1.89. The highest BCUT2D eigenvalue weighted by atomic mass is 16.4. The summed E-state index contributed by atoms with van der Waals surface area (Å²) in [5, 5.41) is 9.26. The van der Waals surface area contributed by atoms with Gasteiger partial charge in [-0.3, -0.25) is 9.59 Å². The number of rotatable bonds is 2. The number of carbonyl (C=O) groups is 2. The van der Waals surface area contributed by atoms with Crippen molar-refractivity contribution in [3.05, 3.63) is 0 Å². The zero-order chi connectivity index (χ0) is 12.7. The van der Waals surface area contributed by atoms with Gasteiger partial charge in [0.25, 0.3) is 0 Å². The molecule has 4 heteroatoms. The minimum absolute atomic E-state index is 0.134. The Balaban J connectivity index is 1.72. The van der Waals surface area contributed by atoms with E-state index in [-0.39, 0.29) is 11.8 Å². The molecular weight excluding hydrogens is 230 g/mol. The summed E-state index contributed by atoms with van der Waals surface area (Å²) in [5.41, 5.74) is 0. The van der Waals surface area contributed by atoms with Gasteiger partial charge in [0, 0.05) is 12.6 Å². The highest BCUT2D eigenvalue weighted by Gasteiger charge is 2.45. The molecule has 18 heavy (non-hydrogen) atoms. The standard InChI is InChI=1S/C14H21NO3/c16-13(15-8-9-5-6-10(15)7-9)11-3-1-2-4-12(11)14(17)18/h9-12H,1-8H2,(H,17,18)/t9?,10?,11-,12+/m1/s1. The van der Waals surface area contributed by atoms with Gasteiger partial charge < -0.3 is 10.0 Å². The third-order valence-corrected chi connectivity index (χ3v) is 5.09. The molecule has 2 aliphatic carbocycles. The van der Waals surface area contributed by atoms with Crippen LogP contribution in [0.25, 0.3) is 0 Å². The molecule has 1 heterocycles. The Morgan fingerprint density at radius 3 is 2.28 bits per heavy atom. The summed E-state index contributed by atoms with van der Waals surface area (Å²) in [6.07, 6.45) is 6.92. The van der Waals surface area contributed by atoms with Crippen molar-refractivity contribution in [1.29, 1.82) is 0 Å². The Hall–Kier alpha value is -1.06. The number of likely N-dealkylation sites (tertiary alicyclic amines) is 1. The number of aliphatic carboxylic acids is 1. The fraction of sp³-hybridized carbons (Fsp3) is 0.857. The largest absolute Gasteiger partial charge is 0.481 e. The average molecular weight is 251 g/mol. The molecule has 3 fully saturated rings. The third-order valence-electron chi connectivity index (χ3n) is 5.09. The smallest absolute Gasteiger partial charge is 0.307 e. The Bertz CT molecular complexity index is 368. The van der Waals surface area contributed by atoms with Crippen LogP contribution in [0.2, 0.25) is 0 Å². The maximum Gasteiger partial charge on any atom is 0.307 e. The number of carboxylic acid groups (broad SMARTS) is 1. The first kappa shape index (κ1) is 12.0. The molecule has 0 radical (unpaired) electrons. The molecule has 100 valence electrons. The normalized spacial score (nSPS) is 39.0. The summed E-state index contributed by atoms with van der Waals surface area (Å²) < 4.78 is 0. The van der Waals surface area contributed by atoms with Crippen molar-refractivity contribution in [3.8, 4) is 0 Å². The number of carboxylic acids is 1. The molecule has 0 aromatic carbocycles. The molecule has 1 aliphatic heterocycles. The lowest BCUT2D eigenvalue weighted by Gasteiger charge is -2.35. The van der Waals surface area contributed by atoms with Gasteiger partial charge >= 0.3 is 5.97 Å². The second-order valence-electron chi connectivity index (χ2n) is 6.16. The summed E-state index contributed by atoms with van der Waals surface area (Å²) in [7, 11) is 0. The molecule has 1 amide bonds. The first-order chi connectivity index (χ1) is 8.66. The van der Waals surface area contributed by atoms with E-state index in [0.717, 1.165) is 38.6 Å². The van der Waals surface area contributed by atoms with E-state index in [1.807, 2.05) is 4.90 Å². The van der Waals surface area contributed by atoms with E-state index in [9.17, 15) is 14.7 Å². The third kappa shape index (κ3) is 1.91. The number of hydrogen-bond acceptors (Lipinski definition) is 2. The van der Waals surface area contributed by atoms with E-state index in [4.69, 9.17) is 0 Å². The van der Waals surface area contributed by atoms with Gasteiger partial charge in [0.2, 0.25) is 5.91 Å². The highest BCUT2D eigenvalue weighted by Crippen LogP contribution is 2.40. The van der Waals surface area contributed by atoms with Crippen LogP contribution >= 0.6 is 0 Å². The predicted molar refractivity (Wildman–Crippen MR) is 65.9 cm³/mol. The molecule has 2 saturated carbocycles. The lowest BCUT2D eigenvalue weighted by molar-refractivity contribution is -0.153. The minimum Gasteiger partial charge on any atom is -0.481 e. The van der Waals surface area contributed by atoms with Crippen LogP contribution in [0.3, 0.4) is 0 Å². The van der Waals surface area contributed by atoms with Gasteiger partial charge in [0.05, 0.1) is 11.8 Å². The van der Waals surface area contributed by atoms with Gasteiger partial charge in [-0.1, -0.05) is 12.8 Å². The molecule has 0 aromatic heterocycles. The highest BCUT2D eigenvalue weighted by molar-refractivity contribution is 5.85. The van der Waals surface area contributed by atoms with E-state index >= 15 is 0 Å². The molecule has 4 nitrogen and oxygen atoms in total. The molecule has 2 unspecified atom stereocenters. The van der Waals surface area contributed by atoms with E-state index in [0.29, 0.717) is 18.4 Å². The average Bonchev–Trinajstić information content (AvgIpc) is 3.00. The van der Waals surface area contributed by atoms with Gasteiger partial charge in [-0.15, -0.1) is 0 Å². The summed E-state index contributed by atoms with van der Waals surface area (Å²) in [6, 6.07) is 0.416. The van der Waals surface area contributed by atoms with E-state index in [2.05, 4.69) is 0 Å². The van der Waals surface area contributed by atoms with Gasteiger partial charge in [0.15, 0.2) is 0 Å². The SMILES string of the molecule is O=C(O)[C@H]1CCCC[C@H]1C(=O)N1CC2CCC1C2. The number of carbonyl (C=O) groups excluding carboxylic acids is 1. The quantitative estimate of drug-likeness (QED) is 0.815. The van der Waals surface area contributed by atoms with Crippen molar-refractivity contribution in [2.24, 2.45) is 17.8 Å². The molecule has 0 aromatic rings. The monoisotopic (exact) mass is 251 g/mol. The molecule has 1 saturated heterocycles. The number of piperidine rings is 1. The zero-order valence-electron chi connectivity index (χ0n) is 10.7. The van der Waals surface area contributed by atoms with Crippen LogP contribution in [0.1, 0.15) is 44.9 Å². The molecule has 3 aliphatic rings. The molecule has 3 rings (SSSR count). The summed E-state index contributed by atoms with van der Waals surface area (Å²) in [6.45, 7) is 0.881. The fourth-order valence-electron chi connectivity index (χ4n) is 4.13. The summed E-state index contributed by atoms with van der Waals surface area (Å²) in [5.74, 6) is -0.654. The topological polar surface area (TPSA) is 57.6 Å². The van der Waals surface area contributed by atoms with Crippen LogP contribution in [0.5, 0.6) is 0 Å². The first-order valence-electron chi connectivity index (χ1n) is 7.20. The van der Waals surface area contributed by atoms with Crippen LogP contribution in [-0.2, 0) is 9.59 Å². The van der Waals surface area contributed by atoms with Crippen molar-refractivity contribution in [1.82, 2.24) is 4.90 Å². The number of nitrogens with zero attached hydrogens (tertiary/aromatic N) is 1. The lowest BCUT2D eigenvalue weighted by Crippen LogP contribution is -2.45. The first-order valence-corrected chi connectivity index (χ1v) is 7.20. The summed E-state index contributed by atoms with van der Waals surface area (Å²) >= 11 is 0. The molecule has 4 atom stereocenters. The van der Waals surface area contributed by atoms with E-state index in [1.165, 1.54) is 6.42 Å². The Morgan fingerprint density at radius 2 is 1.72 bits per heavy atom. The number of fused-ring (bicyclic) bond motifs is 2. The second-order valence-corrected chi connectivity index (χ2v) is 6.16. The maximum atomic E-state index is 12.6. The van der Waals surface area contributed by atoms with Crippen LogP contribution in [-0.4, -0.2) is 34.5 Å². The number of amides is 1. The summed E-state index contributed by atoms with van der Waals surface area (Å²) in [4.78, 5) is 25.8. The lowest BCUT2D eigenvalue weighted by atomic mass is 9.78. The van der Waals surface area contributed by atoms with Crippen molar-refractivity contribution in [3.63, 3.8) is 0 Å². The van der Waals surface area contributed by atoms with Crippen LogP contribution < -0.4 is 0 Å². The Labute approximate surface area is 107 Å². The van der Waals surface area contributed by atoms with Crippen molar-refractivity contribution in [2.75, 3.05) is 6.54 Å². The van der Waals surface area contributed by atoms with Crippen LogP contribution in [0, 0.1) is 17.8 Å². The van der Waals surface area contributed by atoms with Crippen LogP contribution in [0.4, 0.5) is 0 Å². The second kappa shape index (κ2) is 4.56. The molecule has 1 N–H and O–H groups in total. The van der Waals surface area contributed by atoms with Crippen molar-refractivity contribution < 1.29 is 14.7 Å². The zero-order valence-corrected chi connectivity index (χ0v) is 10.7. The van der Waals surface area contributed by atoms with Gasteiger partial charge in [-0.05, 0) is 38.0 Å². The Morgan fingerprint density at radius 1 is 1.00 bits per heavy atom. The van der Waals surface area contributed by atoms with Gasteiger partial charge in [0.1, 0.15) is 0 Å². The molecule has 0 spiro atoms. The number of hydrogen-bond donors (Lipinski definition) is 1. The van der Waals surface area contributed by atoms with E-state index in [1.54, 1.807) is 0 Å². The van der Waals surface area contributed by atoms with Crippen molar-refractivity contribution >= 4 is 11.9 Å². The van der Waals surface area contributed by atoms with Crippen LogP contribution in [0.15, 0.2) is 0 Å². The van der Waals surface area contributed by atoms with E-state index < -0.39 is 11.9 Å². The molecule has 2 bridgehead atoms. The van der Waals surface area contributed by atoms with Crippen molar-refractivity contribution in [2.45, 2.75) is 51.0 Å². The van der Waals surface area contributed by atoms with Gasteiger partial charge in [-0.25, -0.2) is 0 Å². The Kier molecular flexibility index (Phi) is 3.04. The fourth-order valence-corrected chi connectivity index (χ4v) is 4.13. The molecular formula is C14H21NO3. The maximum absolute atomic E-state index is 12.6. The minimum atomic E-state index is -0.780.